The Bertz CT molecular complexity index is 354. The van der Waals surface area contributed by atoms with Crippen molar-refractivity contribution in [3.63, 3.8) is 0 Å². The summed E-state index contributed by atoms with van der Waals surface area (Å²) < 4.78 is 11.1. The largest absolute Gasteiger partial charge is 0.365 e. The third kappa shape index (κ3) is 2.35. The molecule has 1 N–H and O–H groups in total. The molecule has 2 saturated heterocycles. The summed E-state index contributed by atoms with van der Waals surface area (Å²) in [6.07, 6.45) is 5.95. The van der Waals surface area contributed by atoms with E-state index in [0.29, 0.717) is 12.0 Å². The van der Waals surface area contributed by atoms with Crippen LogP contribution in [0, 0.1) is 0 Å². The molecule has 1 aromatic heterocycles. The maximum atomic E-state index is 5.73. The minimum atomic E-state index is 0.00911. The van der Waals surface area contributed by atoms with Crippen LogP contribution in [-0.2, 0) is 4.74 Å². The maximum Gasteiger partial charge on any atom is 0.255 e. The molecule has 0 aromatic carbocycles. The van der Waals surface area contributed by atoms with Crippen molar-refractivity contribution in [2.24, 2.45) is 0 Å². The molecule has 1 aromatic rings. The van der Waals surface area contributed by atoms with Gasteiger partial charge in [0.25, 0.3) is 5.89 Å². The van der Waals surface area contributed by atoms with Gasteiger partial charge in [0, 0.05) is 0 Å². The van der Waals surface area contributed by atoms with Gasteiger partial charge in [-0.2, -0.15) is 4.98 Å². The average Bonchev–Trinajstić information content (AvgIpc) is 2.98. The lowest BCUT2D eigenvalue weighted by atomic mass is 10.0. The minimum absolute atomic E-state index is 0.00911. The van der Waals surface area contributed by atoms with Crippen LogP contribution in [0.15, 0.2) is 4.52 Å². The quantitative estimate of drug-likeness (QED) is 0.853. The molecule has 5 nitrogen and oxygen atoms in total. The third-order valence-electron chi connectivity index (χ3n) is 3.59. The first kappa shape index (κ1) is 11.2. The molecule has 0 radical (unpaired) electrons. The van der Waals surface area contributed by atoms with E-state index in [-0.39, 0.29) is 12.1 Å². The molecule has 94 valence electrons. The Labute approximate surface area is 101 Å². The summed E-state index contributed by atoms with van der Waals surface area (Å²) >= 11 is 0. The number of hydrogen-bond acceptors (Lipinski definition) is 5. The Morgan fingerprint density at radius 2 is 2.18 bits per heavy atom. The molecule has 0 spiro atoms. The van der Waals surface area contributed by atoms with Gasteiger partial charge in [0.05, 0.1) is 12.1 Å². The fourth-order valence-electron chi connectivity index (χ4n) is 2.58. The number of nitrogens with one attached hydrogen (secondary N) is 1. The summed E-state index contributed by atoms with van der Waals surface area (Å²) in [5.74, 6) is 1.44. The highest BCUT2D eigenvalue weighted by atomic mass is 16.5. The molecule has 3 unspecified atom stereocenters. The van der Waals surface area contributed by atoms with Crippen molar-refractivity contribution < 1.29 is 9.26 Å². The van der Waals surface area contributed by atoms with Crippen LogP contribution in [-0.4, -0.2) is 22.8 Å². The summed E-state index contributed by atoms with van der Waals surface area (Å²) in [5.41, 5.74) is 0. The van der Waals surface area contributed by atoms with Crippen molar-refractivity contribution >= 4 is 0 Å². The summed E-state index contributed by atoms with van der Waals surface area (Å²) in [6.45, 7) is 3.13. The van der Waals surface area contributed by atoms with Crippen molar-refractivity contribution in [3.05, 3.63) is 11.7 Å². The van der Waals surface area contributed by atoms with E-state index in [0.717, 1.165) is 31.6 Å². The first-order valence-corrected chi connectivity index (χ1v) is 6.55. The number of aromatic nitrogens is 2. The molecule has 5 heteroatoms. The van der Waals surface area contributed by atoms with Gasteiger partial charge in [-0.05, 0) is 39.2 Å². The zero-order valence-electron chi connectivity index (χ0n) is 10.2. The number of hydrogen-bond donors (Lipinski definition) is 1. The minimum Gasteiger partial charge on any atom is -0.365 e. The molecule has 0 amide bonds. The fraction of sp³-hybridized carbons (Fsp3) is 0.833. The molecule has 3 rings (SSSR count). The smallest absolute Gasteiger partial charge is 0.255 e. The lowest BCUT2D eigenvalue weighted by molar-refractivity contribution is 0.0355. The van der Waals surface area contributed by atoms with Crippen molar-refractivity contribution in [1.82, 2.24) is 15.5 Å². The Morgan fingerprint density at radius 3 is 2.88 bits per heavy atom. The van der Waals surface area contributed by atoms with E-state index >= 15 is 0 Å². The Balaban J connectivity index is 1.69. The topological polar surface area (TPSA) is 60.2 Å². The summed E-state index contributed by atoms with van der Waals surface area (Å²) in [7, 11) is 0. The summed E-state index contributed by atoms with van der Waals surface area (Å²) in [6, 6.07) is 0.264. The van der Waals surface area contributed by atoms with E-state index in [1.165, 1.54) is 12.8 Å². The van der Waals surface area contributed by atoms with E-state index in [9.17, 15) is 0 Å². The molecule has 2 aliphatic rings. The number of nitrogens with zero attached hydrogens (tertiary/aromatic N) is 2. The third-order valence-corrected chi connectivity index (χ3v) is 3.59. The fourth-order valence-corrected chi connectivity index (χ4v) is 2.58. The highest BCUT2D eigenvalue weighted by molar-refractivity contribution is 4.98. The SMILES string of the molecule is CC1CCC(c2nc(C3CCCCN3)no2)O1. The van der Waals surface area contributed by atoms with E-state index in [4.69, 9.17) is 9.26 Å². The lowest BCUT2D eigenvalue weighted by Crippen LogP contribution is -2.27. The highest BCUT2D eigenvalue weighted by Crippen LogP contribution is 2.32. The van der Waals surface area contributed by atoms with E-state index < -0.39 is 0 Å². The predicted molar refractivity (Wildman–Crippen MR) is 61.4 cm³/mol. The van der Waals surface area contributed by atoms with Crippen molar-refractivity contribution in [3.8, 4) is 0 Å². The monoisotopic (exact) mass is 237 g/mol. The number of rotatable bonds is 2. The molecule has 0 bridgehead atoms. The van der Waals surface area contributed by atoms with Gasteiger partial charge in [-0.1, -0.05) is 11.6 Å². The van der Waals surface area contributed by atoms with Crippen LogP contribution in [0.5, 0.6) is 0 Å². The molecule has 3 atom stereocenters. The van der Waals surface area contributed by atoms with Gasteiger partial charge in [-0.15, -0.1) is 0 Å². The second kappa shape index (κ2) is 4.74. The van der Waals surface area contributed by atoms with Crippen LogP contribution in [0.1, 0.15) is 62.9 Å². The van der Waals surface area contributed by atoms with E-state index in [1.807, 2.05) is 0 Å². The van der Waals surface area contributed by atoms with Crippen LogP contribution in [0.25, 0.3) is 0 Å². The van der Waals surface area contributed by atoms with Gasteiger partial charge in [0.1, 0.15) is 6.10 Å². The number of piperidine rings is 1. The van der Waals surface area contributed by atoms with E-state index in [1.54, 1.807) is 0 Å². The van der Waals surface area contributed by atoms with Crippen LogP contribution >= 0.6 is 0 Å². The van der Waals surface area contributed by atoms with Crippen molar-refractivity contribution in [1.29, 1.82) is 0 Å². The van der Waals surface area contributed by atoms with E-state index in [2.05, 4.69) is 22.4 Å². The Hall–Kier alpha value is -0.940. The van der Waals surface area contributed by atoms with Crippen molar-refractivity contribution in [2.45, 2.75) is 57.3 Å². The zero-order chi connectivity index (χ0) is 11.7. The van der Waals surface area contributed by atoms with Gasteiger partial charge in [-0.25, -0.2) is 0 Å². The standard InChI is InChI=1S/C12H19N3O2/c1-8-5-6-10(16-8)12-14-11(15-17-12)9-4-2-3-7-13-9/h8-10,13H,2-7H2,1H3. The van der Waals surface area contributed by atoms with Crippen LogP contribution in [0.2, 0.25) is 0 Å². The Morgan fingerprint density at radius 1 is 1.24 bits per heavy atom. The lowest BCUT2D eigenvalue weighted by Gasteiger charge is -2.19. The molecular weight excluding hydrogens is 218 g/mol. The first-order chi connectivity index (χ1) is 8.33. The van der Waals surface area contributed by atoms with Crippen LogP contribution < -0.4 is 5.32 Å². The maximum absolute atomic E-state index is 5.73. The highest BCUT2D eigenvalue weighted by Gasteiger charge is 2.29. The molecule has 0 aliphatic carbocycles. The average molecular weight is 237 g/mol. The van der Waals surface area contributed by atoms with Gasteiger partial charge in [0.15, 0.2) is 5.82 Å². The van der Waals surface area contributed by atoms with Gasteiger partial charge < -0.3 is 14.6 Å². The zero-order valence-corrected chi connectivity index (χ0v) is 10.2. The second-order valence-corrected chi connectivity index (χ2v) is 5.01. The first-order valence-electron chi connectivity index (χ1n) is 6.55. The van der Waals surface area contributed by atoms with Crippen molar-refractivity contribution in [2.75, 3.05) is 6.54 Å². The van der Waals surface area contributed by atoms with Crippen LogP contribution in [0.3, 0.4) is 0 Å². The number of ether oxygens (including phenoxy) is 1. The molecule has 17 heavy (non-hydrogen) atoms. The molecule has 3 heterocycles. The van der Waals surface area contributed by atoms with Gasteiger partial charge >= 0.3 is 0 Å². The van der Waals surface area contributed by atoms with Gasteiger partial charge in [0.2, 0.25) is 0 Å². The molecule has 2 fully saturated rings. The molecule has 0 saturated carbocycles. The summed E-state index contributed by atoms with van der Waals surface area (Å²) in [5, 5.41) is 7.50. The Kier molecular flexibility index (Phi) is 3.11. The van der Waals surface area contributed by atoms with Gasteiger partial charge in [-0.3, -0.25) is 0 Å². The normalized spacial score (nSPS) is 34.1. The second-order valence-electron chi connectivity index (χ2n) is 5.01. The van der Waals surface area contributed by atoms with Crippen LogP contribution in [0.4, 0.5) is 0 Å². The summed E-state index contributed by atoms with van der Waals surface area (Å²) in [4.78, 5) is 4.49. The molecule has 2 aliphatic heterocycles. The predicted octanol–water partition coefficient (Wildman–Crippen LogP) is 2.12. The molecular formula is C12H19N3O2.